The standard InChI is InChI=1S/C10H15NO3/c1-6(12)10(11)8-5-7(14-2)3-4-9(8)13/h3-6,10,12-13H,11H2,1-2H3/t6-,10+/m1/s1. The number of ether oxygens (including phenoxy) is 1. The van der Waals surface area contributed by atoms with Crippen molar-refractivity contribution in [2.24, 2.45) is 5.73 Å². The zero-order chi connectivity index (χ0) is 10.7. The van der Waals surface area contributed by atoms with E-state index in [9.17, 15) is 10.2 Å². The zero-order valence-electron chi connectivity index (χ0n) is 8.27. The van der Waals surface area contributed by atoms with Crippen LogP contribution < -0.4 is 10.5 Å². The summed E-state index contributed by atoms with van der Waals surface area (Å²) in [4.78, 5) is 0. The number of phenols is 1. The number of methoxy groups -OCH3 is 1. The van der Waals surface area contributed by atoms with E-state index in [1.54, 1.807) is 19.1 Å². The Morgan fingerprint density at radius 3 is 2.57 bits per heavy atom. The molecule has 0 saturated carbocycles. The fourth-order valence-corrected chi connectivity index (χ4v) is 1.19. The van der Waals surface area contributed by atoms with Gasteiger partial charge in [0.15, 0.2) is 0 Å². The van der Waals surface area contributed by atoms with Crippen LogP contribution in [-0.4, -0.2) is 23.4 Å². The molecule has 4 heteroatoms. The lowest BCUT2D eigenvalue weighted by atomic mass is 10.0. The number of phenolic OH excluding ortho intramolecular Hbond substituents is 1. The number of aliphatic hydroxyl groups excluding tert-OH is 1. The molecular weight excluding hydrogens is 182 g/mol. The van der Waals surface area contributed by atoms with Crippen LogP contribution in [0.15, 0.2) is 18.2 Å². The number of benzene rings is 1. The summed E-state index contributed by atoms with van der Waals surface area (Å²) in [5, 5.41) is 18.8. The van der Waals surface area contributed by atoms with E-state index in [1.165, 1.54) is 13.2 Å². The normalized spacial score (nSPS) is 14.9. The first kappa shape index (κ1) is 10.8. The van der Waals surface area contributed by atoms with Crippen molar-refractivity contribution in [3.63, 3.8) is 0 Å². The highest BCUT2D eigenvalue weighted by Crippen LogP contribution is 2.28. The van der Waals surface area contributed by atoms with Crippen molar-refractivity contribution < 1.29 is 14.9 Å². The average Bonchev–Trinajstić information content (AvgIpc) is 2.17. The molecule has 0 radical (unpaired) electrons. The monoisotopic (exact) mass is 197 g/mol. The van der Waals surface area contributed by atoms with Gasteiger partial charge in [-0.2, -0.15) is 0 Å². The Morgan fingerprint density at radius 2 is 2.07 bits per heavy atom. The molecule has 0 spiro atoms. The van der Waals surface area contributed by atoms with Gasteiger partial charge in [-0.15, -0.1) is 0 Å². The third-order valence-electron chi connectivity index (χ3n) is 2.11. The second kappa shape index (κ2) is 4.30. The van der Waals surface area contributed by atoms with Crippen molar-refractivity contribution in [1.82, 2.24) is 0 Å². The Morgan fingerprint density at radius 1 is 1.43 bits per heavy atom. The molecule has 1 aromatic carbocycles. The SMILES string of the molecule is COc1ccc(O)c([C@@H](N)[C@@H](C)O)c1. The Kier molecular flexibility index (Phi) is 3.33. The van der Waals surface area contributed by atoms with E-state index >= 15 is 0 Å². The molecule has 78 valence electrons. The molecule has 0 heterocycles. The van der Waals surface area contributed by atoms with E-state index in [-0.39, 0.29) is 5.75 Å². The minimum absolute atomic E-state index is 0.0687. The van der Waals surface area contributed by atoms with Gasteiger partial charge in [-0.1, -0.05) is 0 Å². The molecule has 0 unspecified atom stereocenters. The second-order valence-electron chi connectivity index (χ2n) is 3.19. The molecular formula is C10H15NO3. The highest BCUT2D eigenvalue weighted by molar-refractivity contribution is 5.41. The maximum Gasteiger partial charge on any atom is 0.120 e. The first-order valence-electron chi connectivity index (χ1n) is 4.36. The number of nitrogens with two attached hydrogens (primary N) is 1. The van der Waals surface area contributed by atoms with Crippen LogP contribution in [0.3, 0.4) is 0 Å². The molecule has 0 fully saturated rings. The van der Waals surface area contributed by atoms with Crippen molar-refractivity contribution in [2.45, 2.75) is 19.1 Å². The fourth-order valence-electron chi connectivity index (χ4n) is 1.19. The summed E-state index contributed by atoms with van der Waals surface area (Å²) in [6, 6.07) is 4.14. The summed E-state index contributed by atoms with van der Waals surface area (Å²) >= 11 is 0. The predicted octanol–water partition coefficient (Wildman–Crippen LogP) is 0.781. The summed E-state index contributed by atoms with van der Waals surface area (Å²) in [7, 11) is 1.53. The minimum Gasteiger partial charge on any atom is -0.508 e. The molecule has 1 rings (SSSR count). The van der Waals surface area contributed by atoms with Crippen molar-refractivity contribution in [3.05, 3.63) is 23.8 Å². The second-order valence-corrected chi connectivity index (χ2v) is 3.19. The topological polar surface area (TPSA) is 75.7 Å². The number of hydrogen-bond acceptors (Lipinski definition) is 4. The van der Waals surface area contributed by atoms with E-state index in [1.807, 2.05) is 0 Å². The van der Waals surface area contributed by atoms with Crippen molar-refractivity contribution in [2.75, 3.05) is 7.11 Å². The maximum atomic E-state index is 9.50. The summed E-state index contributed by atoms with van der Waals surface area (Å²) < 4.78 is 4.99. The maximum absolute atomic E-state index is 9.50. The lowest BCUT2D eigenvalue weighted by molar-refractivity contribution is 0.162. The van der Waals surface area contributed by atoms with Gasteiger partial charge in [-0.05, 0) is 25.1 Å². The fraction of sp³-hybridized carbons (Fsp3) is 0.400. The van der Waals surface area contributed by atoms with E-state index in [0.717, 1.165) is 0 Å². The van der Waals surface area contributed by atoms with Gasteiger partial charge in [-0.25, -0.2) is 0 Å². The van der Waals surface area contributed by atoms with E-state index < -0.39 is 12.1 Å². The molecule has 4 nitrogen and oxygen atoms in total. The highest BCUT2D eigenvalue weighted by Gasteiger charge is 2.16. The number of rotatable bonds is 3. The molecule has 2 atom stereocenters. The smallest absolute Gasteiger partial charge is 0.120 e. The van der Waals surface area contributed by atoms with Gasteiger partial charge in [0.1, 0.15) is 11.5 Å². The molecule has 0 aliphatic rings. The molecule has 1 aromatic rings. The van der Waals surface area contributed by atoms with Crippen LogP contribution >= 0.6 is 0 Å². The lowest BCUT2D eigenvalue weighted by Gasteiger charge is -2.17. The summed E-state index contributed by atoms with van der Waals surface area (Å²) in [6.07, 6.45) is -0.715. The van der Waals surface area contributed by atoms with Gasteiger partial charge in [-0.3, -0.25) is 0 Å². The highest BCUT2D eigenvalue weighted by atomic mass is 16.5. The summed E-state index contributed by atoms with van der Waals surface area (Å²) in [6.45, 7) is 1.57. The molecule has 0 amide bonds. The minimum atomic E-state index is -0.715. The first-order valence-corrected chi connectivity index (χ1v) is 4.36. The summed E-state index contributed by atoms with van der Waals surface area (Å²) in [5.74, 6) is 0.674. The molecule has 0 saturated heterocycles. The average molecular weight is 197 g/mol. The van der Waals surface area contributed by atoms with Crippen LogP contribution in [0.25, 0.3) is 0 Å². The number of hydrogen-bond donors (Lipinski definition) is 3. The zero-order valence-corrected chi connectivity index (χ0v) is 8.27. The Hall–Kier alpha value is -1.26. The lowest BCUT2D eigenvalue weighted by Crippen LogP contribution is -2.23. The van der Waals surface area contributed by atoms with Crippen molar-refractivity contribution in [1.29, 1.82) is 0 Å². The van der Waals surface area contributed by atoms with Gasteiger partial charge >= 0.3 is 0 Å². The molecule has 0 aliphatic carbocycles. The quantitative estimate of drug-likeness (QED) is 0.669. The van der Waals surface area contributed by atoms with Crippen LogP contribution in [0.2, 0.25) is 0 Å². The van der Waals surface area contributed by atoms with Crippen LogP contribution in [0.4, 0.5) is 0 Å². The van der Waals surface area contributed by atoms with Gasteiger partial charge in [0, 0.05) is 5.56 Å². The predicted molar refractivity (Wildman–Crippen MR) is 53.3 cm³/mol. The Bertz CT molecular complexity index is 312. The molecule has 0 aliphatic heterocycles. The van der Waals surface area contributed by atoms with Crippen molar-refractivity contribution in [3.8, 4) is 11.5 Å². The molecule has 0 aromatic heterocycles. The van der Waals surface area contributed by atoms with Gasteiger partial charge in [0.2, 0.25) is 0 Å². The third-order valence-corrected chi connectivity index (χ3v) is 2.11. The van der Waals surface area contributed by atoms with Gasteiger partial charge in [0.05, 0.1) is 19.3 Å². The van der Waals surface area contributed by atoms with Crippen LogP contribution in [0, 0.1) is 0 Å². The third kappa shape index (κ3) is 2.16. The molecule has 0 bridgehead atoms. The Balaban J connectivity index is 3.05. The first-order chi connectivity index (χ1) is 6.56. The number of aromatic hydroxyl groups is 1. The molecule has 4 N–H and O–H groups in total. The largest absolute Gasteiger partial charge is 0.508 e. The van der Waals surface area contributed by atoms with Gasteiger partial charge in [0.25, 0.3) is 0 Å². The molecule has 14 heavy (non-hydrogen) atoms. The Labute approximate surface area is 82.9 Å². The van der Waals surface area contributed by atoms with Gasteiger partial charge < -0.3 is 20.7 Å². The van der Waals surface area contributed by atoms with Crippen molar-refractivity contribution >= 4 is 0 Å². The van der Waals surface area contributed by atoms with Crippen LogP contribution in [-0.2, 0) is 0 Å². The van der Waals surface area contributed by atoms with E-state index in [2.05, 4.69) is 0 Å². The van der Waals surface area contributed by atoms with Crippen LogP contribution in [0.1, 0.15) is 18.5 Å². The van der Waals surface area contributed by atoms with E-state index in [0.29, 0.717) is 11.3 Å². The van der Waals surface area contributed by atoms with E-state index in [4.69, 9.17) is 10.5 Å². The number of aliphatic hydroxyl groups is 1. The summed E-state index contributed by atoms with van der Waals surface area (Å²) in [5.41, 5.74) is 6.18. The van der Waals surface area contributed by atoms with Crippen LogP contribution in [0.5, 0.6) is 11.5 Å².